The maximum atomic E-state index is 2.38. The Hall–Kier alpha value is -4.68. The second-order valence-electron chi connectivity index (χ2n) is 9.32. The predicted octanol–water partition coefficient (Wildman–Crippen LogP) is 10.1. The van der Waals surface area contributed by atoms with Gasteiger partial charge < -0.3 is 0 Å². The summed E-state index contributed by atoms with van der Waals surface area (Å²) in [5.74, 6) is 0. The average molecular weight is 457 g/mol. The van der Waals surface area contributed by atoms with Crippen LogP contribution in [0.25, 0.3) is 65.7 Å². The van der Waals surface area contributed by atoms with E-state index < -0.39 is 0 Å². The van der Waals surface area contributed by atoms with Crippen molar-refractivity contribution in [3.05, 3.63) is 146 Å². The number of hydrogen-bond donors (Lipinski definition) is 0. The summed E-state index contributed by atoms with van der Waals surface area (Å²) >= 11 is 0. The molecular weight excluding hydrogens is 432 g/mol. The predicted molar refractivity (Wildman–Crippen MR) is 155 cm³/mol. The highest BCUT2D eigenvalue weighted by molar-refractivity contribution is 6.23. The van der Waals surface area contributed by atoms with Crippen molar-refractivity contribution in [1.29, 1.82) is 0 Å². The molecule has 0 unspecified atom stereocenters. The Labute approximate surface area is 211 Å². The van der Waals surface area contributed by atoms with Gasteiger partial charge in [-0.1, -0.05) is 133 Å². The summed E-state index contributed by atoms with van der Waals surface area (Å²) in [6.07, 6.45) is 0. The Morgan fingerprint density at radius 1 is 0.278 bits per heavy atom. The van der Waals surface area contributed by atoms with Gasteiger partial charge in [-0.15, -0.1) is 0 Å². The second-order valence-corrected chi connectivity index (χ2v) is 9.32. The number of benzene rings is 7. The molecule has 0 aliphatic heterocycles. The van der Waals surface area contributed by atoms with E-state index in [0.717, 1.165) is 0 Å². The molecule has 0 aromatic heterocycles. The van der Waals surface area contributed by atoms with Crippen molar-refractivity contribution in [2.75, 3.05) is 0 Å². The van der Waals surface area contributed by atoms with Crippen molar-refractivity contribution in [2.45, 2.75) is 0 Å². The van der Waals surface area contributed by atoms with E-state index in [-0.39, 0.29) is 0 Å². The Morgan fingerprint density at radius 2 is 0.667 bits per heavy atom. The van der Waals surface area contributed by atoms with Gasteiger partial charge in [0, 0.05) is 0 Å². The molecule has 0 aliphatic rings. The molecule has 0 aliphatic carbocycles. The zero-order valence-electron chi connectivity index (χ0n) is 19.9. The summed E-state index contributed by atoms with van der Waals surface area (Å²) in [6, 6.07) is 52.7. The first kappa shape index (κ1) is 20.7. The molecule has 0 atom stereocenters. The molecule has 0 nitrogen and oxygen atoms in total. The largest absolute Gasteiger partial charge is 0.0622 e. The van der Waals surface area contributed by atoms with Crippen molar-refractivity contribution in [3.8, 4) is 33.4 Å². The minimum absolute atomic E-state index is 1.23. The normalized spacial score (nSPS) is 11.3. The van der Waals surface area contributed by atoms with E-state index in [1.807, 2.05) is 0 Å². The van der Waals surface area contributed by atoms with Crippen LogP contribution in [0.3, 0.4) is 0 Å². The highest BCUT2D eigenvalue weighted by Crippen LogP contribution is 2.46. The Morgan fingerprint density at radius 3 is 1.19 bits per heavy atom. The minimum Gasteiger partial charge on any atom is -0.0622 e. The van der Waals surface area contributed by atoms with Gasteiger partial charge in [0.1, 0.15) is 0 Å². The van der Waals surface area contributed by atoms with Crippen LogP contribution in [0.15, 0.2) is 146 Å². The Bertz CT molecular complexity index is 1810. The fourth-order valence-corrected chi connectivity index (χ4v) is 5.64. The first-order chi connectivity index (χ1) is 17.9. The SMILES string of the molecule is c1ccc(-c2cc3ccccc3cc2-c2c3ccccc3c(-c3ccccc3)c3ccccc23)cc1. The van der Waals surface area contributed by atoms with Crippen LogP contribution in [0.5, 0.6) is 0 Å². The molecule has 0 saturated heterocycles. The molecule has 36 heavy (non-hydrogen) atoms. The molecule has 168 valence electrons. The van der Waals surface area contributed by atoms with E-state index in [2.05, 4.69) is 146 Å². The Kier molecular flexibility index (Phi) is 4.89. The van der Waals surface area contributed by atoms with E-state index in [4.69, 9.17) is 0 Å². The maximum absolute atomic E-state index is 2.38. The summed E-state index contributed by atoms with van der Waals surface area (Å²) in [5, 5.41) is 7.64. The van der Waals surface area contributed by atoms with E-state index in [0.29, 0.717) is 0 Å². The molecule has 0 radical (unpaired) electrons. The van der Waals surface area contributed by atoms with Crippen LogP contribution >= 0.6 is 0 Å². The molecule has 7 aromatic carbocycles. The average Bonchev–Trinajstić information content (AvgIpc) is 2.96. The molecule has 0 spiro atoms. The van der Waals surface area contributed by atoms with Crippen LogP contribution in [0.1, 0.15) is 0 Å². The lowest BCUT2D eigenvalue weighted by atomic mass is 9.83. The lowest BCUT2D eigenvalue weighted by Gasteiger charge is -2.20. The molecule has 0 saturated carbocycles. The topological polar surface area (TPSA) is 0 Å². The molecule has 0 heteroatoms. The third kappa shape index (κ3) is 3.31. The Balaban J connectivity index is 1.68. The number of hydrogen-bond acceptors (Lipinski definition) is 0. The summed E-state index contributed by atoms with van der Waals surface area (Å²) in [5.41, 5.74) is 7.61. The van der Waals surface area contributed by atoms with Gasteiger partial charge in [-0.25, -0.2) is 0 Å². The van der Waals surface area contributed by atoms with Gasteiger partial charge in [-0.3, -0.25) is 0 Å². The monoisotopic (exact) mass is 456 g/mol. The van der Waals surface area contributed by atoms with E-state index in [9.17, 15) is 0 Å². The highest BCUT2D eigenvalue weighted by atomic mass is 14.2. The molecule has 7 aromatic rings. The first-order valence-electron chi connectivity index (χ1n) is 12.5. The lowest BCUT2D eigenvalue weighted by molar-refractivity contribution is 1.63. The minimum atomic E-state index is 1.23. The van der Waals surface area contributed by atoms with Gasteiger partial charge in [0.15, 0.2) is 0 Å². The zero-order chi connectivity index (χ0) is 23.9. The van der Waals surface area contributed by atoms with Gasteiger partial charge in [-0.05, 0) is 77.8 Å². The molecular formula is C36H24. The smallest absolute Gasteiger partial charge is 0.00199 e. The number of rotatable bonds is 3. The maximum Gasteiger partial charge on any atom is -0.00199 e. The molecule has 7 rings (SSSR count). The number of fused-ring (bicyclic) bond motifs is 3. The summed E-state index contributed by atoms with van der Waals surface area (Å²) in [7, 11) is 0. The molecule has 0 N–H and O–H groups in total. The fourth-order valence-electron chi connectivity index (χ4n) is 5.64. The lowest BCUT2D eigenvalue weighted by Crippen LogP contribution is -1.93. The van der Waals surface area contributed by atoms with E-state index in [1.165, 1.54) is 65.7 Å². The van der Waals surface area contributed by atoms with E-state index in [1.54, 1.807) is 0 Å². The van der Waals surface area contributed by atoms with Gasteiger partial charge in [0.25, 0.3) is 0 Å². The third-order valence-electron chi connectivity index (χ3n) is 7.23. The molecule has 0 heterocycles. The van der Waals surface area contributed by atoms with Gasteiger partial charge in [0.2, 0.25) is 0 Å². The highest BCUT2D eigenvalue weighted by Gasteiger charge is 2.19. The fraction of sp³-hybridized carbons (Fsp3) is 0. The summed E-state index contributed by atoms with van der Waals surface area (Å²) in [4.78, 5) is 0. The van der Waals surface area contributed by atoms with E-state index >= 15 is 0 Å². The van der Waals surface area contributed by atoms with Crippen LogP contribution in [0, 0.1) is 0 Å². The van der Waals surface area contributed by atoms with Gasteiger partial charge in [-0.2, -0.15) is 0 Å². The first-order valence-corrected chi connectivity index (χ1v) is 12.5. The summed E-state index contributed by atoms with van der Waals surface area (Å²) in [6.45, 7) is 0. The van der Waals surface area contributed by atoms with Crippen LogP contribution in [-0.2, 0) is 0 Å². The zero-order valence-corrected chi connectivity index (χ0v) is 19.9. The quantitative estimate of drug-likeness (QED) is 0.232. The molecule has 0 bridgehead atoms. The van der Waals surface area contributed by atoms with Crippen LogP contribution in [0.2, 0.25) is 0 Å². The second kappa shape index (κ2) is 8.52. The van der Waals surface area contributed by atoms with Crippen molar-refractivity contribution in [1.82, 2.24) is 0 Å². The molecule has 0 fully saturated rings. The van der Waals surface area contributed by atoms with Crippen molar-refractivity contribution < 1.29 is 0 Å². The van der Waals surface area contributed by atoms with Crippen LogP contribution in [-0.4, -0.2) is 0 Å². The van der Waals surface area contributed by atoms with Crippen molar-refractivity contribution in [2.24, 2.45) is 0 Å². The third-order valence-corrected chi connectivity index (χ3v) is 7.23. The molecule has 0 amide bonds. The van der Waals surface area contributed by atoms with Crippen LogP contribution in [0.4, 0.5) is 0 Å². The standard InChI is InChI=1S/C36H24/c1-3-13-25(14-4-1)33-23-27-17-7-8-18-28(27)24-34(33)36-31-21-11-9-19-29(31)35(26-15-5-2-6-16-26)30-20-10-12-22-32(30)36/h1-24H. The van der Waals surface area contributed by atoms with Gasteiger partial charge >= 0.3 is 0 Å². The van der Waals surface area contributed by atoms with Crippen molar-refractivity contribution >= 4 is 32.3 Å². The summed E-state index contributed by atoms with van der Waals surface area (Å²) < 4.78 is 0. The van der Waals surface area contributed by atoms with Gasteiger partial charge in [0.05, 0.1) is 0 Å². The van der Waals surface area contributed by atoms with Crippen molar-refractivity contribution in [3.63, 3.8) is 0 Å². The van der Waals surface area contributed by atoms with Crippen LogP contribution < -0.4 is 0 Å².